The molecule has 0 aliphatic rings. The Hall–Kier alpha value is -2.37. The maximum Gasteiger partial charge on any atom is 0.256 e. The summed E-state index contributed by atoms with van der Waals surface area (Å²) >= 11 is 9.29. The second-order valence-corrected chi connectivity index (χ2v) is 6.60. The van der Waals surface area contributed by atoms with Crippen LogP contribution in [0.15, 0.2) is 71.3 Å². The van der Waals surface area contributed by atoms with Gasteiger partial charge in [-0.15, -0.1) is 0 Å². The predicted octanol–water partition coefficient (Wildman–Crippen LogP) is 5.36. The molecule has 4 nitrogen and oxygen atoms in total. The van der Waals surface area contributed by atoms with Crippen LogP contribution >= 0.6 is 27.5 Å². The minimum absolute atomic E-state index is 0.199. The first-order valence-electron chi connectivity index (χ1n) is 7.63. The highest BCUT2D eigenvalue weighted by Gasteiger charge is 2.12. The van der Waals surface area contributed by atoms with Crippen LogP contribution in [0.2, 0.25) is 5.02 Å². The van der Waals surface area contributed by atoms with Gasteiger partial charge in [-0.05, 0) is 57.9 Å². The van der Waals surface area contributed by atoms with E-state index in [2.05, 4.69) is 31.5 Å². The third-order valence-corrected chi connectivity index (χ3v) is 4.49. The zero-order valence-corrected chi connectivity index (χ0v) is 15.5. The van der Waals surface area contributed by atoms with Crippen LogP contribution in [0, 0.1) is 0 Å². The van der Waals surface area contributed by atoms with E-state index in [1.54, 1.807) is 18.3 Å². The summed E-state index contributed by atoms with van der Waals surface area (Å²) in [5, 5.41) is 6.84. The molecule has 0 aliphatic heterocycles. The summed E-state index contributed by atoms with van der Waals surface area (Å²) in [7, 11) is 0. The summed E-state index contributed by atoms with van der Waals surface area (Å²) in [6.07, 6.45) is 1.68. The molecule has 2 aromatic carbocycles. The Morgan fingerprint density at radius 2 is 1.80 bits per heavy atom. The molecule has 3 rings (SSSR count). The van der Waals surface area contributed by atoms with E-state index in [4.69, 9.17) is 11.6 Å². The lowest BCUT2D eigenvalue weighted by Gasteiger charge is -2.12. The van der Waals surface area contributed by atoms with E-state index in [1.165, 1.54) is 0 Å². The lowest BCUT2D eigenvalue weighted by atomic mass is 10.2. The topological polar surface area (TPSA) is 54.0 Å². The number of pyridine rings is 1. The Morgan fingerprint density at radius 3 is 2.56 bits per heavy atom. The zero-order chi connectivity index (χ0) is 17.6. The number of hydrogen-bond donors (Lipinski definition) is 2. The molecule has 0 fully saturated rings. The zero-order valence-electron chi connectivity index (χ0n) is 13.2. The van der Waals surface area contributed by atoms with Gasteiger partial charge in [-0.1, -0.05) is 35.9 Å². The van der Waals surface area contributed by atoms with E-state index in [9.17, 15) is 4.79 Å². The number of rotatable bonds is 5. The van der Waals surface area contributed by atoms with Crippen LogP contribution in [-0.4, -0.2) is 10.9 Å². The molecule has 0 saturated heterocycles. The molecule has 0 bridgehead atoms. The number of hydrogen-bond acceptors (Lipinski definition) is 3. The molecule has 3 aromatic rings. The van der Waals surface area contributed by atoms with Crippen LogP contribution in [-0.2, 0) is 6.54 Å². The first kappa shape index (κ1) is 17.5. The second-order valence-electron chi connectivity index (χ2n) is 5.31. The van der Waals surface area contributed by atoms with E-state index in [0.29, 0.717) is 28.6 Å². The molecule has 6 heteroatoms. The first-order chi connectivity index (χ1) is 12.1. The largest absolute Gasteiger partial charge is 0.364 e. The van der Waals surface area contributed by atoms with Gasteiger partial charge in [-0.2, -0.15) is 0 Å². The van der Waals surface area contributed by atoms with Crippen molar-refractivity contribution in [2.75, 3.05) is 10.6 Å². The normalized spacial score (nSPS) is 10.3. The molecule has 2 N–H and O–H groups in total. The van der Waals surface area contributed by atoms with Crippen molar-refractivity contribution in [3.8, 4) is 0 Å². The number of nitrogens with zero attached hydrogens (tertiary/aromatic N) is 1. The van der Waals surface area contributed by atoms with Gasteiger partial charge in [0.2, 0.25) is 0 Å². The van der Waals surface area contributed by atoms with E-state index < -0.39 is 0 Å². The SMILES string of the molecule is O=C(Nc1cccnc1NCc1ccc(Cl)cc1)c1ccccc1Br. The molecular weight excluding hydrogens is 402 g/mol. The van der Waals surface area contributed by atoms with Crippen LogP contribution in [0.3, 0.4) is 0 Å². The van der Waals surface area contributed by atoms with Crippen LogP contribution in [0.4, 0.5) is 11.5 Å². The number of carbonyl (C=O) groups is 1. The van der Waals surface area contributed by atoms with Gasteiger partial charge in [0.05, 0.1) is 11.3 Å². The Labute approximate surface area is 159 Å². The van der Waals surface area contributed by atoms with Crippen molar-refractivity contribution in [1.82, 2.24) is 4.98 Å². The molecule has 0 unspecified atom stereocenters. The van der Waals surface area contributed by atoms with Crippen LogP contribution < -0.4 is 10.6 Å². The molecule has 0 radical (unpaired) electrons. The van der Waals surface area contributed by atoms with Crippen LogP contribution in [0.1, 0.15) is 15.9 Å². The number of nitrogens with one attached hydrogen (secondary N) is 2. The number of halogens is 2. The van der Waals surface area contributed by atoms with Gasteiger partial charge in [0, 0.05) is 22.2 Å². The van der Waals surface area contributed by atoms with Gasteiger partial charge in [-0.25, -0.2) is 4.98 Å². The van der Waals surface area contributed by atoms with E-state index in [1.807, 2.05) is 48.5 Å². The van der Waals surface area contributed by atoms with Gasteiger partial charge in [0.1, 0.15) is 5.82 Å². The van der Waals surface area contributed by atoms with Crippen LogP contribution in [0.25, 0.3) is 0 Å². The fourth-order valence-corrected chi connectivity index (χ4v) is 2.86. The highest BCUT2D eigenvalue weighted by Crippen LogP contribution is 2.22. The third kappa shape index (κ3) is 4.59. The summed E-state index contributed by atoms with van der Waals surface area (Å²) < 4.78 is 0.743. The summed E-state index contributed by atoms with van der Waals surface area (Å²) in [6.45, 7) is 0.575. The van der Waals surface area contributed by atoms with Crippen molar-refractivity contribution in [2.24, 2.45) is 0 Å². The third-order valence-electron chi connectivity index (χ3n) is 3.55. The quantitative estimate of drug-likeness (QED) is 0.588. The summed E-state index contributed by atoms with van der Waals surface area (Å²) in [5.74, 6) is 0.410. The van der Waals surface area contributed by atoms with Crippen molar-refractivity contribution < 1.29 is 4.79 Å². The van der Waals surface area contributed by atoms with Crippen molar-refractivity contribution in [2.45, 2.75) is 6.54 Å². The van der Waals surface area contributed by atoms with Crippen molar-refractivity contribution in [1.29, 1.82) is 0 Å². The predicted molar refractivity (Wildman–Crippen MR) is 105 cm³/mol. The Bertz CT molecular complexity index is 884. The van der Waals surface area contributed by atoms with E-state index in [0.717, 1.165) is 10.0 Å². The fraction of sp³-hybridized carbons (Fsp3) is 0.0526. The minimum Gasteiger partial charge on any atom is -0.364 e. The number of amides is 1. The number of aromatic nitrogens is 1. The standard InChI is InChI=1S/C19H15BrClN3O/c20-16-5-2-1-4-15(16)19(25)24-17-6-3-11-22-18(17)23-12-13-7-9-14(21)10-8-13/h1-11H,12H2,(H,22,23)(H,24,25). The van der Waals surface area contributed by atoms with E-state index >= 15 is 0 Å². The molecule has 25 heavy (non-hydrogen) atoms. The van der Waals surface area contributed by atoms with Gasteiger partial charge >= 0.3 is 0 Å². The summed E-state index contributed by atoms with van der Waals surface area (Å²) in [5.41, 5.74) is 2.25. The molecule has 1 amide bonds. The van der Waals surface area contributed by atoms with Gasteiger partial charge in [0.15, 0.2) is 0 Å². The molecule has 1 aromatic heterocycles. The average molecular weight is 417 g/mol. The number of anilines is 2. The Kier molecular flexibility index (Phi) is 5.68. The van der Waals surface area contributed by atoms with E-state index in [-0.39, 0.29) is 5.91 Å². The lowest BCUT2D eigenvalue weighted by molar-refractivity contribution is 0.102. The fourth-order valence-electron chi connectivity index (χ4n) is 2.27. The lowest BCUT2D eigenvalue weighted by Crippen LogP contribution is -2.14. The first-order valence-corrected chi connectivity index (χ1v) is 8.80. The minimum atomic E-state index is -0.199. The number of benzene rings is 2. The number of carbonyl (C=O) groups excluding carboxylic acids is 1. The van der Waals surface area contributed by atoms with Gasteiger partial charge in [-0.3, -0.25) is 4.79 Å². The highest BCUT2D eigenvalue weighted by atomic mass is 79.9. The summed E-state index contributed by atoms with van der Waals surface area (Å²) in [4.78, 5) is 16.8. The molecule has 0 spiro atoms. The molecule has 1 heterocycles. The molecular formula is C19H15BrClN3O. The molecule has 0 saturated carbocycles. The Balaban J connectivity index is 1.73. The monoisotopic (exact) mass is 415 g/mol. The second kappa shape index (κ2) is 8.14. The summed E-state index contributed by atoms with van der Waals surface area (Å²) in [6, 6.07) is 18.4. The van der Waals surface area contributed by atoms with Crippen molar-refractivity contribution >= 4 is 44.9 Å². The maximum absolute atomic E-state index is 12.5. The molecule has 126 valence electrons. The van der Waals surface area contributed by atoms with Crippen molar-refractivity contribution in [3.63, 3.8) is 0 Å². The van der Waals surface area contributed by atoms with Crippen molar-refractivity contribution in [3.05, 3.63) is 87.5 Å². The molecule has 0 aliphatic carbocycles. The smallest absolute Gasteiger partial charge is 0.256 e. The van der Waals surface area contributed by atoms with Crippen LogP contribution in [0.5, 0.6) is 0 Å². The van der Waals surface area contributed by atoms with Gasteiger partial charge < -0.3 is 10.6 Å². The highest BCUT2D eigenvalue weighted by molar-refractivity contribution is 9.10. The molecule has 0 atom stereocenters. The maximum atomic E-state index is 12.5. The average Bonchev–Trinajstić information content (AvgIpc) is 2.62. The van der Waals surface area contributed by atoms with Gasteiger partial charge in [0.25, 0.3) is 5.91 Å². The Morgan fingerprint density at radius 1 is 1.04 bits per heavy atom.